The van der Waals surface area contributed by atoms with Crippen LogP contribution in [0.25, 0.3) is 0 Å². The average molecular weight is 529 g/mol. The van der Waals surface area contributed by atoms with E-state index in [0.717, 1.165) is 5.56 Å². The Morgan fingerprint density at radius 3 is 1.54 bits per heavy atom. The second-order valence-electron chi connectivity index (χ2n) is 7.68. The molecule has 0 N–H and O–H groups in total. The summed E-state index contributed by atoms with van der Waals surface area (Å²) in [7, 11) is 0. The van der Waals surface area contributed by atoms with Crippen LogP contribution in [0.4, 0.5) is 0 Å². The minimum absolute atomic E-state index is 0.102. The van der Waals surface area contributed by atoms with Crippen LogP contribution in [0, 0.1) is 0 Å². The highest BCUT2D eigenvalue weighted by Crippen LogP contribution is 2.29. The van der Waals surface area contributed by atoms with Gasteiger partial charge in [-0.15, -0.1) is 0 Å². The summed E-state index contributed by atoms with van der Waals surface area (Å²) in [6, 6.07) is 5.38. The monoisotopic (exact) mass is 528 g/mol. The van der Waals surface area contributed by atoms with Crippen molar-refractivity contribution in [3.63, 3.8) is 0 Å². The molecule has 0 amide bonds. The number of hydrogen-bond acceptors (Lipinski definition) is 10. The second kappa shape index (κ2) is 22.9. The van der Waals surface area contributed by atoms with E-state index in [1.165, 1.54) is 0 Å². The molecule has 10 heteroatoms. The summed E-state index contributed by atoms with van der Waals surface area (Å²) in [6.07, 6.45) is 0. The maximum atomic E-state index is 11.7. The molecule has 0 bridgehead atoms. The Morgan fingerprint density at radius 2 is 1.08 bits per heavy atom. The topological polar surface area (TPSA) is 100 Å². The lowest BCUT2D eigenvalue weighted by Crippen LogP contribution is -2.14. The standard InChI is InChI=1S/C27H44O10/c1-5-29-9-11-31-13-15-33-17-19-35-25-8-7-24(22-37-27(28)23(3)4)21-26(25)36-20-18-34-16-14-32-12-10-30-6-2/h7-8,21H,3,5-6,9-20,22H2,1-2,4H3. The van der Waals surface area contributed by atoms with Gasteiger partial charge in [-0.1, -0.05) is 12.6 Å². The summed E-state index contributed by atoms with van der Waals surface area (Å²) in [5, 5.41) is 0. The van der Waals surface area contributed by atoms with Crippen LogP contribution in [0.15, 0.2) is 30.4 Å². The molecule has 0 saturated heterocycles. The van der Waals surface area contributed by atoms with Gasteiger partial charge in [0.15, 0.2) is 11.5 Å². The third kappa shape index (κ3) is 17.8. The van der Waals surface area contributed by atoms with Crippen LogP contribution in [0.1, 0.15) is 26.3 Å². The van der Waals surface area contributed by atoms with E-state index < -0.39 is 5.97 Å². The smallest absolute Gasteiger partial charge is 0.333 e. The van der Waals surface area contributed by atoms with Gasteiger partial charge >= 0.3 is 5.97 Å². The molecule has 0 spiro atoms. The van der Waals surface area contributed by atoms with Crippen LogP contribution in [0.5, 0.6) is 11.5 Å². The number of hydrogen-bond donors (Lipinski definition) is 0. The molecule has 0 heterocycles. The van der Waals surface area contributed by atoms with Crippen molar-refractivity contribution in [2.24, 2.45) is 0 Å². The van der Waals surface area contributed by atoms with Gasteiger partial charge in [0.1, 0.15) is 19.8 Å². The molecule has 0 aliphatic rings. The zero-order chi connectivity index (χ0) is 27.0. The minimum Gasteiger partial charge on any atom is -0.487 e. The third-order valence-corrected chi connectivity index (χ3v) is 4.59. The van der Waals surface area contributed by atoms with Crippen molar-refractivity contribution in [2.45, 2.75) is 27.4 Å². The maximum absolute atomic E-state index is 11.7. The quantitative estimate of drug-likeness (QED) is 0.107. The molecule has 0 unspecified atom stereocenters. The van der Waals surface area contributed by atoms with E-state index in [4.69, 9.17) is 42.6 Å². The van der Waals surface area contributed by atoms with Crippen molar-refractivity contribution >= 4 is 5.97 Å². The highest BCUT2D eigenvalue weighted by molar-refractivity contribution is 5.86. The fourth-order valence-corrected chi connectivity index (χ4v) is 2.74. The van der Waals surface area contributed by atoms with Crippen molar-refractivity contribution in [1.29, 1.82) is 0 Å². The van der Waals surface area contributed by atoms with E-state index in [-0.39, 0.29) is 6.61 Å². The molecule has 10 nitrogen and oxygen atoms in total. The van der Waals surface area contributed by atoms with Gasteiger partial charge in [-0.05, 0) is 38.5 Å². The molecule has 1 aromatic rings. The molecule has 212 valence electrons. The van der Waals surface area contributed by atoms with Crippen LogP contribution in [0.2, 0.25) is 0 Å². The van der Waals surface area contributed by atoms with Crippen LogP contribution >= 0.6 is 0 Å². The fourth-order valence-electron chi connectivity index (χ4n) is 2.74. The molecule has 1 aromatic carbocycles. The molecule has 0 radical (unpaired) electrons. The minimum atomic E-state index is -0.446. The number of ether oxygens (including phenoxy) is 9. The second-order valence-corrected chi connectivity index (χ2v) is 7.68. The van der Waals surface area contributed by atoms with Crippen LogP contribution < -0.4 is 9.47 Å². The highest BCUT2D eigenvalue weighted by atomic mass is 16.6. The molecule has 0 aromatic heterocycles. The first-order valence-electron chi connectivity index (χ1n) is 12.8. The highest BCUT2D eigenvalue weighted by Gasteiger charge is 2.10. The maximum Gasteiger partial charge on any atom is 0.333 e. The molecule has 0 saturated carbocycles. The largest absolute Gasteiger partial charge is 0.487 e. The van der Waals surface area contributed by atoms with Gasteiger partial charge in [-0.3, -0.25) is 0 Å². The molecule has 0 atom stereocenters. The Kier molecular flexibility index (Phi) is 20.4. The molecular formula is C27H44O10. The SMILES string of the molecule is C=C(C)C(=O)OCc1ccc(OCCOCCOCCOCC)c(OCCOCCOCCOCC)c1. The van der Waals surface area contributed by atoms with E-state index in [9.17, 15) is 4.79 Å². The molecule has 0 aliphatic heterocycles. The number of carbonyl (C=O) groups excluding carboxylic acids is 1. The van der Waals surface area contributed by atoms with Gasteiger partial charge in [0.05, 0.1) is 66.1 Å². The number of rotatable bonds is 25. The van der Waals surface area contributed by atoms with Crippen molar-refractivity contribution in [2.75, 3.05) is 92.5 Å². The zero-order valence-electron chi connectivity index (χ0n) is 22.6. The van der Waals surface area contributed by atoms with E-state index in [1.807, 2.05) is 19.9 Å². The van der Waals surface area contributed by atoms with Crippen LogP contribution in [-0.2, 0) is 44.6 Å². The summed E-state index contributed by atoms with van der Waals surface area (Å²) >= 11 is 0. The van der Waals surface area contributed by atoms with Crippen LogP contribution in [-0.4, -0.2) is 98.5 Å². The first-order chi connectivity index (χ1) is 18.1. The van der Waals surface area contributed by atoms with Gasteiger partial charge in [-0.25, -0.2) is 4.79 Å². The molecule has 1 rings (SSSR count). The van der Waals surface area contributed by atoms with Crippen LogP contribution in [0.3, 0.4) is 0 Å². The van der Waals surface area contributed by atoms with Gasteiger partial charge in [0, 0.05) is 18.8 Å². The Morgan fingerprint density at radius 1 is 0.649 bits per heavy atom. The van der Waals surface area contributed by atoms with Crippen molar-refractivity contribution < 1.29 is 47.4 Å². The van der Waals surface area contributed by atoms with E-state index in [2.05, 4.69) is 6.58 Å². The summed E-state index contributed by atoms with van der Waals surface area (Å²) in [4.78, 5) is 11.7. The lowest BCUT2D eigenvalue weighted by atomic mass is 10.2. The first-order valence-corrected chi connectivity index (χ1v) is 12.8. The van der Waals surface area contributed by atoms with E-state index >= 15 is 0 Å². The summed E-state index contributed by atoms with van der Waals surface area (Å²) in [5.41, 5.74) is 1.11. The lowest BCUT2D eigenvalue weighted by Gasteiger charge is -2.15. The molecule has 0 fully saturated rings. The van der Waals surface area contributed by atoms with Crippen molar-refractivity contribution in [3.05, 3.63) is 35.9 Å². The zero-order valence-corrected chi connectivity index (χ0v) is 22.6. The number of esters is 1. The van der Waals surface area contributed by atoms with E-state index in [0.29, 0.717) is 110 Å². The average Bonchev–Trinajstić information content (AvgIpc) is 2.90. The Hall–Kier alpha value is -2.21. The Labute approximate surface area is 221 Å². The molecule has 37 heavy (non-hydrogen) atoms. The van der Waals surface area contributed by atoms with E-state index in [1.54, 1.807) is 19.1 Å². The predicted molar refractivity (Wildman–Crippen MR) is 138 cm³/mol. The summed E-state index contributed by atoms with van der Waals surface area (Å²) in [5.74, 6) is 0.643. The molecule has 0 aliphatic carbocycles. The van der Waals surface area contributed by atoms with Gasteiger partial charge in [-0.2, -0.15) is 0 Å². The lowest BCUT2D eigenvalue weighted by molar-refractivity contribution is -0.140. The Bertz CT molecular complexity index is 725. The van der Waals surface area contributed by atoms with Gasteiger partial charge in [0.2, 0.25) is 0 Å². The number of carbonyl (C=O) groups is 1. The normalized spacial score (nSPS) is 10.9. The summed E-state index contributed by atoms with van der Waals surface area (Å²) in [6.45, 7) is 16.2. The fraction of sp³-hybridized carbons (Fsp3) is 0.667. The van der Waals surface area contributed by atoms with Crippen molar-refractivity contribution in [3.8, 4) is 11.5 Å². The first kappa shape index (κ1) is 32.8. The van der Waals surface area contributed by atoms with Gasteiger partial charge in [0.25, 0.3) is 0 Å². The number of benzene rings is 1. The predicted octanol–water partition coefficient (Wildman–Crippen LogP) is 3.20. The van der Waals surface area contributed by atoms with Crippen molar-refractivity contribution in [1.82, 2.24) is 0 Å². The third-order valence-electron chi connectivity index (χ3n) is 4.59. The van der Waals surface area contributed by atoms with Gasteiger partial charge < -0.3 is 42.6 Å². The molecular weight excluding hydrogens is 484 g/mol. The Balaban J connectivity index is 2.42. The summed E-state index contributed by atoms with van der Waals surface area (Å²) < 4.78 is 49.3.